The number of methoxy groups -OCH3 is 1. The lowest BCUT2D eigenvalue weighted by atomic mass is 10.1. The Morgan fingerprint density at radius 1 is 1.11 bits per heavy atom. The molecule has 0 saturated carbocycles. The SMILES string of the molecule is CCCC(OCC)c1c(CC)nc2c(-c3ccc(OC)nc3C)cncn12. The lowest BCUT2D eigenvalue weighted by molar-refractivity contribution is 0.0514. The Morgan fingerprint density at radius 2 is 1.93 bits per heavy atom. The van der Waals surface area contributed by atoms with E-state index in [4.69, 9.17) is 14.5 Å². The predicted octanol–water partition coefficient (Wildman–Crippen LogP) is 4.55. The first-order valence-electron chi connectivity index (χ1n) is 9.62. The van der Waals surface area contributed by atoms with Crippen molar-refractivity contribution >= 4 is 5.65 Å². The molecular formula is C21H28N4O2. The van der Waals surface area contributed by atoms with Gasteiger partial charge in [0.1, 0.15) is 12.0 Å². The first-order chi connectivity index (χ1) is 13.1. The van der Waals surface area contributed by atoms with Crippen molar-refractivity contribution in [2.75, 3.05) is 13.7 Å². The van der Waals surface area contributed by atoms with E-state index in [1.165, 1.54) is 0 Å². The van der Waals surface area contributed by atoms with E-state index < -0.39 is 0 Å². The monoisotopic (exact) mass is 368 g/mol. The molecule has 27 heavy (non-hydrogen) atoms. The molecular weight excluding hydrogens is 340 g/mol. The van der Waals surface area contributed by atoms with Gasteiger partial charge in [-0.1, -0.05) is 20.3 Å². The summed E-state index contributed by atoms with van der Waals surface area (Å²) in [7, 11) is 1.62. The topological polar surface area (TPSA) is 61.5 Å². The molecule has 144 valence electrons. The van der Waals surface area contributed by atoms with Gasteiger partial charge in [-0.15, -0.1) is 0 Å². The molecule has 0 saturated heterocycles. The summed E-state index contributed by atoms with van der Waals surface area (Å²) in [6.07, 6.45) is 6.59. The molecule has 1 unspecified atom stereocenters. The van der Waals surface area contributed by atoms with Crippen molar-refractivity contribution in [3.05, 3.63) is 41.7 Å². The van der Waals surface area contributed by atoms with Crippen molar-refractivity contribution in [2.45, 2.75) is 53.1 Å². The standard InChI is InChI=1S/C21H28N4O2/c1-6-9-18(27-8-3)20-17(7-2)24-21-16(12-22-13-25(20)21)15-10-11-19(26-5)23-14(15)4/h10-13,18H,6-9H2,1-5H3. The van der Waals surface area contributed by atoms with E-state index in [9.17, 15) is 0 Å². The maximum absolute atomic E-state index is 6.06. The summed E-state index contributed by atoms with van der Waals surface area (Å²) in [6, 6.07) is 3.89. The summed E-state index contributed by atoms with van der Waals surface area (Å²) >= 11 is 0. The van der Waals surface area contributed by atoms with Crippen LogP contribution in [0.25, 0.3) is 16.8 Å². The van der Waals surface area contributed by atoms with Gasteiger partial charge in [-0.3, -0.25) is 4.40 Å². The predicted molar refractivity (Wildman–Crippen MR) is 106 cm³/mol. The molecule has 0 radical (unpaired) electrons. The van der Waals surface area contributed by atoms with Gasteiger partial charge in [-0.2, -0.15) is 0 Å². The highest BCUT2D eigenvalue weighted by molar-refractivity contribution is 5.78. The second-order valence-corrected chi connectivity index (χ2v) is 6.52. The molecule has 3 aromatic heterocycles. The lowest BCUT2D eigenvalue weighted by Gasteiger charge is -2.17. The molecule has 0 aliphatic heterocycles. The highest BCUT2D eigenvalue weighted by Crippen LogP contribution is 2.32. The van der Waals surface area contributed by atoms with Crippen LogP contribution in [0.5, 0.6) is 5.88 Å². The fourth-order valence-electron chi connectivity index (χ4n) is 3.52. The Balaban J connectivity index is 2.20. The van der Waals surface area contributed by atoms with Gasteiger partial charge in [0.2, 0.25) is 5.88 Å². The van der Waals surface area contributed by atoms with E-state index in [1.54, 1.807) is 7.11 Å². The smallest absolute Gasteiger partial charge is 0.213 e. The molecule has 0 amide bonds. The molecule has 6 nitrogen and oxygen atoms in total. The molecule has 0 bridgehead atoms. The summed E-state index contributed by atoms with van der Waals surface area (Å²) in [4.78, 5) is 14.0. The molecule has 1 atom stereocenters. The highest BCUT2D eigenvalue weighted by Gasteiger charge is 2.23. The van der Waals surface area contributed by atoms with Crippen LogP contribution < -0.4 is 4.74 Å². The summed E-state index contributed by atoms with van der Waals surface area (Å²) in [6.45, 7) is 9.00. The Bertz CT molecular complexity index is 914. The van der Waals surface area contributed by atoms with Crippen LogP contribution >= 0.6 is 0 Å². The Kier molecular flexibility index (Phi) is 6.06. The lowest BCUT2D eigenvalue weighted by Crippen LogP contribution is -2.10. The van der Waals surface area contributed by atoms with E-state index in [2.05, 4.69) is 28.2 Å². The Labute approximate surface area is 160 Å². The molecule has 3 heterocycles. The number of aryl methyl sites for hydroxylation is 2. The van der Waals surface area contributed by atoms with Crippen LogP contribution in [0, 0.1) is 6.92 Å². The molecule has 0 aromatic carbocycles. The van der Waals surface area contributed by atoms with Crippen molar-refractivity contribution in [3.63, 3.8) is 0 Å². The average molecular weight is 368 g/mol. The Morgan fingerprint density at radius 3 is 2.56 bits per heavy atom. The summed E-state index contributed by atoms with van der Waals surface area (Å²) in [5.41, 5.74) is 5.95. The summed E-state index contributed by atoms with van der Waals surface area (Å²) in [5.74, 6) is 0.605. The van der Waals surface area contributed by atoms with E-state index in [0.29, 0.717) is 12.5 Å². The summed E-state index contributed by atoms with van der Waals surface area (Å²) < 4.78 is 13.4. The average Bonchev–Trinajstić information content (AvgIpc) is 3.06. The van der Waals surface area contributed by atoms with Gasteiger partial charge in [0, 0.05) is 35.7 Å². The van der Waals surface area contributed by atoms with Gasteiger partial charge < -0.3 is 9.47 Å². The number of nitrogens with zero attached hydrogens (tertiary/aromatic N) is 4. The third kappa shape index (κ3) is 3.67. The molecule has 0 aliphatic carbocycles. The van der Waals surface area contributed by atoms with Crippen molar-refractivity contribution in [3.8, 4) is 17.0 Å². The quantitative estimate of drug-likeness (QED) is 0.584. The van der Waals surface area contributed by atoms with Crippen molar-refractivity contribution in [1.82, 2.24) is 19.4 Å². The normalized spacial score (nSPS) is 12.5. The first-order valence-corrected chi connectivity index (χ1v) is 9.62. The van der Waals surface area contributed by atoms with E-state index >= 15 is 0 Å². The van der Waals surface area contributed by atoms with Crippen molar-refractivity contribution < 1.29 is 9.47 Å². The molecule has 6 heteroatoms. The number of rotatable bonds is 8. The van der Waals surface area contributed by atoms with Gasteiger partial charge in [-0.25, -0.2) is 15.0 Å². The van der Waals surface area contributed by atoms with Gasteiger partial charge in [0.15, 0.2) is 0 Å². The van der Waals surface area contributed by atoms with E-state index in [1.807, 2.05) is 38.5 Å². The van der Waals surface area contributed by atoms with Gasteiger partial charge in [-0.05, 0) is 32.8 Å². The highest BCUT2D eigenvalue weighted by atomic mass is 16.5. The van der Waals surface area contributed by atoms with Crippen LogP contribution in [0.3, 0.4) is 0 Å². The largest absolute Gasteiger partial charge is 0.481 e. The van der Waals surface area contributed by atoms with Crippen LogP contribution in [-0.4, -0.2) is 33.1 Å². The minimum Gasteiger partial charge on any atom is -0.481 e. The van der Waals surface area contributed by atoms with Crippen molar-refractivity contribution in [2.24, 2.45) is 0 Å². The zero-order valence-electron chi connectivity index (χ0n) is 16.8. The van der Waals surface area contributed by atoms with Crippen LogP contribution in [0.1, 0.15) is 56.8 Å². The molecule has 0 spiro atoms. The number of hydrogen-bond acceptors (Lipinski definition) is 5. The van der Waals surface area contributed by atoms with Crippen LogP contribution in [0.15, 0.2) is 24.7 Å². The Hall–Kier alpha value is -2.47. The zero-order chi connectivity index (χ0) is 19.4. The number of imidazole rings is 1. The van der Waals surface area contributed by atoms with E-state index in [0.717, 1.165) is 53.1 Å². The van der Waals surface area contributed by atoms with E-state index in [-0.39, 0.29) is 6.10 Å². The van der Waals surface area contributed by atoms with Gasteiger partial charge >= 0.3 is 0 Å². The molecule has 3 rings (SSSR count). The molecule has 0 fully saturated rings. The number of pyridine rings is 1. The van der Waals surface area contributed by atoms with Crippen LogP contribution in [0.4, 0.5) is 0 Å². The zero-order valence-corrected chi connectivity index (χ0v) is 16.8. The summed E-state index contributed by atoms with van der Waals surface area (Å²) in [5, 5.41) is 0. The third-order valence-electron chi connectivity index (χ3n) is 4.77. The maximum Gasteiger partial charge on any atom is 0.213 e. The molecule has 0 N–H and O–H groups in total. The first kappa shape index (κ1) is 19.3. The maximum atomic E-state index is 6.06. The minimum atomic E-state index is 0.0251. The second kappa shape index (κ2) is 8.48. The molecule has 0 aliphatic rings. The number of aromatic nitrogens is 4. The second-order valence-electron chi connectivity index (χ2n) is 6.52. The number of fused-ring (bicyclic) bond motifs is 1. The van der Waals surface area contributed by atoms with Crippen molar-refractivity contribution in [1.29, 1.82) is 0 Å². The van der Waals surface area contributed by atoms with Gasteiger partial charge in [0.25, 0.3) is 0 Å². The fraction of sp³-hybridized carbons (Fsp3) is 0.476. The fourth-order valence-corrected chi connectivity index (χ4v) is 3.52. The third-order valence-corrected chi connectivity index (χ3v) is 4.77. The van der Waals surface area contributed by atoms with Crippen LogP contribution in [-0.2, 0) is 11.2 Å². The minimum absolute atomic E-state index is 0.0251. The van der Waals surface area contributed by atoms with Crippen LogP contribution in [0.2, 0.25) is 0 Å². The molecule has 3 aromatic rings. The van der Waals surface area contributed by atoms with Gasteiger partial charge in [0.05, 0.1) is 24.6 Å². The number of ether oxygens (including phenoxy) is 2. The number of hydrogen-bond donors (Lipinski definition) is 0.